The Labute approximate surface area is 191 Å². The number of aliphatic hydroxyl groups excluding tert-OH is 3. The van der Waals surface area contributed by atoms with E-state index in [0.717, 1.165) is 12.8 Å². The minimum atomic E-state index is -1.00. The molecule has 0 radical (unpaired) electrons. The summed E-state index contributed by atoms with van der Waals surface area (Å²) in [6.45, 7) is 2.60. The van der Waals surface area contributed by atoms with E-state index < -0.39 is 24.4 Å². The molecule has 1 heterocycles. The van der Waals surface area contributed by atoms with E-state index in [4.69, 9.17) is 14.6 Å². The molecule has 31 heavy (non-hydrogen) atoms. The van der Waals surface area contributed by atoms with Gasteiger partial charge in [-0.1, -0.05) is 89.7 Å². The first kappa shape index (κ1) is 28.6. The van der Waals surface area contributed by atoms with E-state index >= 15 is 0 Å². The summed E-state index contributed by atoms with van der Waals surface area (Å²) in [4.78, 5) is 0. The first-order chi connectivity index (χ1) is 15.2. The topological polar surface area (TPSA) is 79.2 Å². The van der Waals surface area contributed by atoms with Crippen LogP contribution in [0.1, 0.15) is 110 Å². The lowest BCUT2D eigenvalue weighted by molar-refractivity contribution is -0.0938. The van der Waals surface area contributed by atoms with Crippen molar-refractivity contribution in [3.8, 4) is 0 Å². The average Bonchev–Trinajstić information content (AvgIpc) is 3.15. The Balaban J connectivity index is 1.84. The average molecular weight is 443 g/mol. The Morgan fingerprint density at radius 1 is 0.839 bits per heavy atom. The van der Waals surface area contributed by atoms with Crippen LogP contribution >= 0.6 is 0 Å². The summed E-state index contributed by atoms with van der Waals surface area (Å²) in [6, 6.07) is 0. The number of allylic oxidation sites excluding steroid dienone is 2. The SMILES string of the molecule is CCCCCCCCCC/C=C/CCCCCCCCO[C@H]1[C@@H]([C@H](O)CO)OC[C@@H]1O. The van der Waals surface area contributed by atoms with Crippen molar-refractivity contribution in [2.24, 2.45) is 0 Å². The van der Waals surface area contributed by atoms with Gasteiger partial charge in [0.2, 0.25) is 0 Å². The van der Waals surface area contributed by atoms with Crippen molar-refractivity contribution < 1.29 is 24.8 Å². The number of rotatable bonds is 21. The van der Waals surface area contributed by atoms with Crippen molar-refractivity contribution in [1.82, 2.24) is 0 Å². The van der Waals surface area contributed by atoms with Gasteiger partial charge in [-0.3, -0.25) is 0 Å². The van der Waals surface area contributed by atoms with Crippen LogP contribution in [0.15, 0.2) is 12.2 Å². The number of aliphatic hydroxyl groups is 3. The summed E-state index contributed by atoms with van der Waals surface area (Å²) in [5.41, 5.74) is 0. The van der Waals surface area contributed by atoms with E-state index in [1.165, 1.54) is 89.9 Å². The normalized spacial score (nSPS) is 22.5. The molecule has 0 saturated carbocycles. The minimum absolute atomic E-state index is 0.153. The Kier molecular flexibility index (Phi) is 18.6. The van der Waals surface area contributed by atoms with Gasteiger partial charge in [-0.25, -0.2) is 0 Å². The molecule has 1 rings (SSSR count). The Morgan fingerprint density at radius 2 is 1.35 bits per heavy atom. The van der Waals surface area contributed by atoms with Gasteiger partial charge in [0.05, 0.1) is 13.2 Å². The molecule has 1 saturated heterocycles. The maximum absolute atomic E-state index is 9.91. The summed E-state index contributed by atoms with van der Waals surface area (Å²) in [5.74, 6) is 0. The highest BCUT2D eigenvalue weighted by Gasteiger charge is 2.40. The molecule has 5 heteroatoms. The summed E-state index contributed by atoms with van der Waals surface area (Å²) in [5, 5.41) is 28.7. The summed E-state index contributed by atoms with van der Waals surface area (Å²) >= 11 is 0. The van der Waals surface area contributed by atoms with Crippen molar-refractivity contribution in [3.05, 3.63) is 12.2 Å². The van der Waals surface area contributed by atoms with E-state index in [2.05, 4.69) is 19.1 Å². The molecule has 0 amide bonds. The third-order valence-corrected chi connectivity index (χ3v) is 6.20. The zero-order valence-electron chi connectivity index (χ0n) is 20.1. The molecular formula is C26H50O5. The fourth-order valence-corrected chi connectivity index (χ4v) is 4.18. The molecule has 5 nitrogen and oxygen atoms in total. The fraction of sp³-hybridized carbons (Fsp3) is 0.923. The van der Waals surface area contributed by atoms with Gasteiger partial charge in [-0.05, 0) is 32.1 Å². The quantitative estimate of drug-likeness (QED) is 0.166. The second-order valence-electron chi connectivity index (χ2n) is 9.10. The predicted molar refractivity (Wildman–Crippen MR) is 127 cm³/mol. The van der Waals surface area contributed by atoms with E-state index in [1.54, 1.807) is 0 Å². The maximum Gasteiger partial charge on any atom is 0.114 e. The molecule has 1 aliphatic heterocycles. The van der Waals surface area contributed by atoms with Crippen molar-refractivity contribution in [3.63, 3.8) is 0 Å². The highest BCUT2D eigenvalue weighted by atomic mass is 16.6. The second kappa shape index (κ2) is 20.2. The third kappa shape index (κ3) is 14.3. The molecule has 0 aromatic rings. The number of unbranched alkanes of at least 4 members (excludes halogenated alkanes) is 14. The standard InChI is InChI=1S/C26H50O5/c1-2-3-4-5-6-7-8-9-10-11-12-13-14-15-16-17-18-19-20-30-26-24(29)22-31-25(26)23(28)21-27/h11-12,23-29H,2-10,13-22H2,1H3/b12-11+/t23-,24+,25-,26-/m1/s1. The van der Waals surface area contributed by atoms with Crippen molar-refractivity contribution in [2.75, 3.05) is 19.8 Å². The second-order valence-corrected chi connectivity index (χ2v) is 9.10. The van der Waals surface area contributed by atoms with Crippen LogP contribution in [0, 0.1) is 0 Å². The van der Waals surface area contributed by atoms with Gasteiger partial charge in [-0.2, -0.15) is 0 Å². The van der Waals surface area contributed by atoms with Gasteiger partial charge < -0.3 is 24.8 Å². The Morgan fingerprint density at radius 3 is 1.90 bits per heavy atom. The lowest BCUT2D eigenvalue weighted by Crippen LogP contribution is -2.42. The van der Waals surface area contributed by atoms with Crippen LogP contribution in [0.4, 0.5) is 0 Å². The van der Waals surface area contributed by atoms with Crippen molar-refractivity contribution in [1.29, 1.82) is 0 Å². The van der Waals surface area contributed by atoms with Crippen LogP contribution in [-0.2, 0) is 9.47 Å². The molecule has 4 atom stereocenters. The summed E-state index contributed by atoms with van der Waals surface area (Å²) in [6.07, 6.45) is 22.5. The Bertz CT molecular complexity index is 415. The van der Waals surface area contributed by atoms with Gasteiger partial charge >= 0.3 is 0 Å². The highest BCUT2D eigenvalue weighted by molar-refractivity contribution is 4.89. The molecule has 0 aliphatic carbocycles. The summed E-state index contributed by atoms with van der Waals surface area (Å²) in [7, 11) is 0. The molecule has 1 aliphatic rings. The molecule has 184 valence electrons. The van der Waals surface area contributed by atoms with Gasteiger partial charge in [0.15, 0.2) is 0 Å². The zero-order chi connectivity index (χ0) is 22.6. The molecule has 0 aromatic heterocycles. The van der Waals surface area contributed by atoms with Crippen LogP contribution in [0.25, 0.3) is 0 Å². The molecule has 0 aromatic carbocycles. The lowest BCUT2D eigenvalue weighted by Gasteiger charge is -2.23. The molecular weight excluding hydrogens is 392 g/mol. The molecule has 0 spiro atoms. The predicted octanol–water partition coefficient (Wildman–Crippen LogP) is 5.30. The fourth-order valence-electron chi connectivity index (χ4n) is 4.18. The molecule has 1 fully saturated rings. The maximum atomic E-state index is 9.91. The van der Waals surface area contributed by atoms with Gasteiger partial charge in [0.25, 0.3) is 0 Å². The Hall–Kier alpha value is -0.460. The first-order valence-electron chi connectivity index (χ1n) is 13.1. The van der Waals surface area contributed by atoms with E-state index in [1.807, 2.05) is 0 Å². The van der Waals surface area contributed by atoms with E-state index in [9.17, 15) is 10.2 Å². The minimum Gasteiger partial charge on any atom is -0.394 e. The van der Waals surface area contributed by atoms with Gasteiger partial charge in [-0.15, -0.1) is 0 Å². The van der Waals surface area contributed by atoms with Crippen LogP contribution in [0.2, 0.25) is 0 Å². The van der Waals surface area contributed by atoms with E-state index in [0.29, 0.717) is 6.61 Å². The first-order valence-corrected chi connectivity index (χ1v) is 13.1. The van der Waals surface area contributed by atoms with Gasteiger partial charge in [0, 0.05) is 6.61 Å². The largest absolute Gasteiger partial charge is 0.394 e. The number of hydrogen-bond acceptors (Lipinski definition) is 5. The summed E-state index contributed by atoms with van der Waals surface area (Å²) < 4.78 is 11.1. The van der Waals surface area contributed by atoms with E-state index in [-0.39, 0.29) is 13.2 Å². The number of ether oxygens (including phenoxy) is 2. The number of hydrogen-bond donors (Lipinski definition) is 3. The van der Waals surface area contributed by atoms with Crippen molar-refractivity contribution >= 4 is 0 Å². The third-order valence-electron chi connectivity index (χ3n) is 6.20. The van der Waals surface area contributed by atoms with Crippen LogP contribution in [0.5, 0.6) is 0 Å². The molecule has 3 N–H and O–H groups in total. The zero-order valence-corrected chi connectivity index (χ0v) is 20.1. The van der Waals surface area contributed by atoms with Crippen LogP contribution in [-0.4, -0.2) is 59.6 Å². The lowest BCUT2D eigenvalue weighted by atomic mass is 10.1. The molecule has 0 bridgehead atoms. The van der Waals surface area contributed by atoms with Crippen LogP contribution in [0.3, 0.4) is 0 Å². The van der Waals surface area contributed by atoms with Crippen molar-refractivity contribution in [2.45, 2.75) is 134 Å². The van der Waals surface area contributed by atoms with Crippen LogP contribution < -0.4 is 0 Å². The monoisotopic (exact) mass is 442 g/mol. The smallest absolute Gasteiger partial charge is 0.114 e. The van der Waals surface area contributed by atoms with Gasteiger partial charge in [0.1, 0.15) is 24.4 Å². The highest BCUT2D eigenvalue weighted by Crippen LogP contribution is 2.21. The molecule has 0 unspecified atom stereocenters.